The van der Waals surface area contributed by atoms with Crippen LogP contribution in [0.15, 0.2) is 10.8 Å². The molecule has 0 aliphatic rings. The molecule has 5 heteroatoms. The van der Waals surface area contributed by atoms with Crippen LogP contribution in [0.5, 0.6) is 11.5 Å². The second-order valence-electron chi connectivity index (χ2n) is 1.51. The summed E-state index contributed by atoms with van der Waals surface area (Å²) < 4.78 is 9.92. The molecule has 0 aliphatic carbocycles. The largest absolute Gasteiger partial charge is 0.492 e. The van der Waals surface area contributed by atoms with Gasteiger partial charge in [-0.15, -0.1) is 11.3 Å². The van der Waals surface area contributed by atoms with Gasteiger partial charge in [0.1, 0.15) is 0 Å². The predicted octanol–water partition coefficient (Wildman–Crippen LogP) is 3.54. The van der Waals surface area contributed by atoms with Crippen LogP contribution in [0.2, 0.25) is 0 Å². The molecule has 0 spiro atoms. The lowest BCUT2D eigenvalue weighted by Gasteiger charge is -1.98. The summed E-state index contributed by atoms with van der Waals surface area (Å²) in [7, 11) is 3.26. The average molecular weight is 398 g/mol. The molecule has 64 valence electrons. The van der Waals surface area contributed by atoms with Crippen LogP contribution in [0.3, 0.4) is 0 Å². The Balaban J connectivity index is 0.000000461. The first kappa shape index (κ1) is 11.8. The molecule has 0 fully saturated rings. The van der Waals surface area contributed by atoms with E-state index in [9.17, 15) is 0 Å². The van der Waals surface area contributed by atoms with Gasteiger partial charge in [0.2, 0.25) is 0 Å². The Labute approximate surface area is 93.6 Å². The summed E-state index contributed by atoms with van der Waals surface area (Å²) in [6.45, 7) is 0. The highest BCUT2D eigenvalue weighted by Gasteiger charge is 2.00. The van der Waals surface area contributed by atoms with E-state index >= 15 is 0 Å². The Morgan fingerprint density at radius 1 is 1.09 bits per heavy atom. The summed E-state index contributed by atoms with van der Waals surface area (Å²) in [5, 5.41) is 3.80. The van der Waals surface area contributed by atoms with Crippen LogP contribution >= 0.6 is 48.6 Å². The number of methoxy groups -OCH3 is 2. The molecule has 1 rings (SSSR count). The zero-order chi connectivity index (χ0) is 8.69. The number of ether oxygens (including phenoxy) is 2. The number of rotatable bonds is 2. The fraction of sp³-hybridized carbons (Fsp3) is 0.333. The SMILES string of the molecule is COc1cscc1OC.II. The normalized spacial score (nSPS) is 8.00. The van der Waals surface area contributed by atoms with Crippen LogP contribution < -0.4 is 9.47 Å². The van der Waals surface area contributed by atoms with Crippen molar-refractivity contribution in [2.24, 2.45) is 0 Å². The van der Waals surface area contributed by atoms with Crippen LogP contribution in [0.25, 0.3) is 0 Å². The van der Waals surface area contributed by atoms with Gasteiger partial charge < -0.3 is 9.47 Å². The van der Waals surface area contributed by atoms with Gasteiger partial charge in [-0.3, -0.25) is 0 Å². The first-order chi connectivity index (χ1) is 5.38. The molecule has 1 aromatic rings. The molecular formula is C6H8I2O2S. The summed E-state index contributed by atoms with van der Waals surface area (Å²) in [5.74, 6) is 1.62. The van der Waals surface area contributed by atoms with Crippen molar-refractivity contribution >= 4 is 48.6 Å². The molecule has 0 aromatic carbocycles. The predicted molar refractivity (Wildman–Crippen MR) is 65.5 cm³/mol. The summed E-state index contributed by atoms with van der Waals surface area (Å²) in [6, 6.07) is 0. The molecule has 0 unspecified atom stereocenters. The van der Waals surface area contributed by atoms with E-state index in [0.29, 0.717) is 0 Å². The van der Waals surface area contributed by atoms with E-state index in [4.69, 9.17) is 9.47 Å². The topological polar surface area (TPSA) is 18.5 Å². The van der Waals surface area contributed by atoms with Gasteiger partial charge in [-0.05, 0) is 0 Å². The number of halogens is 2. The zero-order valence-corrected chi connectivity index (χ0v) is 11.3. The first-order valence-corrected chi connectivity index (χ1v) is 9.89. The van der Waals surface area contributed by atoms with Crippen LogP contribution in [0, 0.1) is 0 Å². The zero-order valence-electron chi connectivity index (χ0n) is 6.14. The lowest BCUT2D eigenvalue weighted by Crippen LogP contribution is -1.84. The van der Waals surface area contributed by atoms with Crippen molar-refractivity contribution < 1.29 is 9.47 Å². The quantitative estimate of drug-likeness (QED) is 0.710. The molecule has 0 aliphatic heterocycles. The van der Waals surface area contributed by atoms with Crippen molar-refractivity contribution in [3.8, 4) is 11.5 Å². The lowest BCUT2D eigenvalue weighted by atomic mass is 10.5. The van der Waals surface area contributed by atoms with Gasteiger partial charge in [0.25, 0.3) is 0 Å². The average Bonchev–Trinajstić information content (AvgIpc) is 2.54. The highest BCUT2D eigenvalue weighted by molar-refractivity contribution is 15.0. The van der Waals surface area contributed by atoms with Crippen LogP contribution in [0.4, 0.5) is 0 Å². The number of hydrogen-bond donors (Lipinski definition) is 0. The van der Waals surface area contributed by atoms with Crippen LogP contribution in [-0.2, 0) is 0 Å². The third-order valence-electron chi connectivity index (χ3n) is 1.03. The second-order valence-corrected chi connectivity index (χ2v) is 2.25. The molecule has 0 N–H and O–H groups in total. The first-order valence-electron chi connectivity index (χ1n) is 2.67. The van der Waals surface area contributed by atoms with E-state index in [1.165, 1.54) is 0 Å². The third kappa shape index (κ3) is 3.79. The minimum atomic E-state index is 0.808. The minimum Gasteiger partial charge on any atom is -0.492 e. The Morgan fingerprint density at radius 3 is 1.73 bits per heavy atom. The van der Waals surface area contributed by atoms with Crippen molar-refractivity contribution in [1.29, 1.82) is 0 Å². The van der Waals surface area contributed by atoms with Gasteiger partial charge in [-0.25, -0.2) is 0 Å². The second kappa shape index (κ2) is 7.41. The van der Waals surface area contributed by atoms with Crippen molar-refractivity contribution in [2.75, 3.05) is 14.2 Å². The van der Waals surface area contributed by atoms with Crippen molar-refractivity contribution in [3.05, 3.63) is 10.8 Å². The van der Waals surface area contributed by atoms with E-state index in [0.717, 1.165) is 11.5 Å². The van der Waals surface area contributed by atoms with E-state index in [-0.39, 0.29) is 0 Å². The molecule has 1 aromatic heterocycles. The maximum absolute atomic E-state index is 4.96. The maximum atomic E-state index is 4.96. The molecular weight excluding hydrogens is 390 g/mol. The van der Waals surface area contributed by atoms with Gasteiger partial charge in [0.15, 0.2) is 11.5 Å². The van der Waals surface area contributed by atoms with Gasteiger partial charge in [-0.2, -0.15) is 0 Å². The fourth-order valence-corrected chi connectivity index (χ4v) is 1.31. The Morgan fingerprint density at radius 2 is 1.45 bits per heavy atom. The highest BCUT2D eigenvalue weighted by atomic mass is 128. The minimum absolute atomic E-state index is 0.808. The maximum Gasteiger partial charge on any atom is 0.171 e. The fourth-order valence-electron chi connectivity index (χ4n) is 0.571. The van der Waals surface area contributed by atoms with Crippen molar-refractivity contribution in [1.82, 2.24) is 0 Å². The van der Waals surface area contributed by atoms with E-state index in [1.807, 2.05) is 10.8 Å². The standard InChI is InChI=1S/C6H8O2S.I2/c1-7-5-3-9-4-6(5)8-2;1-2/h3-4H,1-2H3;. The van der Waals surface area contributed by atoms with E-state index in [2.05, 4.69) is 37.2 Å². The Bertz CT molecular complexity index is 172. The smallest absolute Gasteiger partial charge is 0.171 e. The molecule has 0 bridgehead atoms. The third-order valence-corrected chi connectivity index (χ3v) is 1.73. The molecule has 1 heterocycles. The summed E-state index contributed by atoms with van der Waals surface area (Å²) in [5.41, 5.74) is 0. The lowest BCUT2D eigenvalue weighted by molar-refractivity contribution is 0.358. The molecule has 0 radical (unpaired) electrons. The Hall–Kier alpha value is 0.760. The molecule has 11 heavy (non-hydrogen) atoms. The molecule has 0 amide bonds. The van der Waals surface area contributed by atoms with Crippen LogP contribution in [-0.4, -0.2) is 14.2 Å². The summed E-state index contributed by atoms with van der Waals surface area (Å²) in [6.07, 6.45) is 0. The summed E-state index contributed by atoms with van der Waals surface area (Å²) >= 11 is 5.81. The highest BCUT2D eigenvalue weighted by Crippen LogP contribution is 2.30. The van der Waals surface area contributed by atoms with E-state index in [1.54, 1.807) is 25.6 Å². The van der Waals surface area contributed by atoms with Gasteiger partial charge in [0.05, 0.1) is 14.2 Å². The van der Waals surface area contributed by atoms with Gasteiger partial charge in [0, 0.05) is 48.0 Å². The van der Waals surface area contributed by atoms with Crippen molar-refractivity contribution in [2.45, 2.75) is 0 Å². The van der Waals surface area contributed by atoms with Gasteiger partial charge >= 0.3 is 0 Å². The monoisotopic (exact) mass is 398 g/mol. The molecule has 0 atom stereocenters. The van der Waals surface area contributed by atoms with Crippen molar-refractivity contribution in [3.63, 3.8) is 0 Å². The summed E-state index contributed by atoms with van der Waals surface area (Å²) in [4.78, 5) is 0. The molecule has 0 saturated carbocycles. The van der Waals surface area contributed by atoms with Crippen LogP contribution in [0.1, 0.15) is 0 Å². The molecule has 2 nitrogen and oxygen atoms in total. The number of hydrogen-bond acceptors (Lipinski definition) is 3. The van der Waals surface area contributed by atoms with E-state index < -0.39 is 0 Å². The molecule has 0 saturated heterocycles. The Kier molecular flexibility index (Phi) is 7.92. The number of thiophene rings is 1. The van der Waals surface area contributed by atoms with Gasteiger partial charge in [-0.1, -0.05) is 0 Å².